The normalized spacial score (nSPS) is 14.6. The zero-order chi connectivity index (χ0) is 14.0. The van der Waals surface area contributed by atoms with E-state index in [0.29, 0.717) is 22.2 Å². The van der Waals surface area contributed by atoms with Crippen molar-refractivity contribution < 1.29 is 14.3 Å². The minimum absolute atomic E-state index is 0.165. The molecule has 0 saturated heterocycles. The smallest absolute Gasteiger partial charge is 0.231 e. The molecule has 1 heterocycles. The van der Waals surface area contributed by atoms with Crippen molar-refractivity contribution >= 4 is 23.2 Å². The Morgan fingerprint density at radius 3 is 2.68 bits per heavy atom. The second-order valence-electron chi connectivity index (χ2n) is 4.85. The minimum atomic E-state index is -0.173. The largest absolute Gasteiger partial charge is 0.454 e. The quantitative estimate of drug-likeness (QED) is 0.890. The van der Waals surface area contributed by atoms with E-state index in [1.54, 1.807) is 12.1 Å². The summed E-state index contributed by atoms with van der Waals surface area (Å²) in [6.07, 6.45) is 0.252. The van der Waals surface area contributed by atoms with Crippen molar-refractivity contribution in [3.63, 3.8) is 0 Å². The van der Waals surface area contributed by atoms with Crippen LogP contribution in [-0.4, -0.2) is 18.7 Å². The van der Waals surface area contributed by atoms with Gasteiger partial charge in [0.05, 0.1) is 10.7 Å². The Morgan fingerprint density at radius 1 is 1.42 bits per heavy atom. The van der Waals surface area contributed by atoms with E-state index in [1.807, 2.05) is 13.8 Å². The number of hydrogen-bond acceptors (Lipinski definition) is 4. The fourth-order valence-electron chi connectivity index (χ4n) is 1.66. The van der Waals surface area contributed by atoms with Gasteiger partial charge in [0.1, 0.15) is 0 Å². The molecule has 1 unspecified atom stereocenters. The van der Waals surface area contributed by atoms with Crippen molar-refractivity contribution in [1.29, 1.82) is 0 Å². The van der Waals surface area contributed by atoms with E-state index in [4.69, 9.17) is 26.8 Å². The van der Waals surface area contributed by atoms with Crippen molar-refractivity contribution in [1.82, 2.24) is 0 Å². The summed E-state index contributed by atoms with van der Waals surface area (Å²) in [6.45, 7) is 4.12. The molecule has 3 N–H and O–H groups in total. The summed E-state index contributed by atoms with van der Waals surface area (Å²) in [6, 6.07) is 3.11. The first kappa shape index (κ1) is 14.0. The molecule has 1 aliphatic rings. The zero-order valence-corrected chi connectivity index (χ0v) is 11.7. The van der Waals surface area contributed by atoms with Crippen LogP contribution >= 0.6 is 11.6 Å². The van der Waals surface area contributed by atoms with E-state index >= 15 is 0 Å². The highest BCUT2D eigenvalue weighted by Crippen LogP contribution is 2.39. The molecule has 1 aromatic rings. The number of amides is 1. The van der Waals surface area contributed by atoms with Crippen LogP contribution in [0.1, 0.15) is 20.3 Å². The zero-order valence-electron chi connectivity index (χ0n) is 10.9. The number of benzene rings is 1. The Kier molecular flexibility index (Phi) is 4.17. The molecule has 1 aliphatic heterocycles. The molecule has 2 rings (SSSR count). The molecule has 6 heteroatoms. The summed E-state index contributed by atoms with van der Waals surface area (Å²) in [4.78, 5) is 11.9. The van der Waals surface area contributed by atoms with Crippen molar-refractivity contribution in [2.45, 2.75) is 26.3 Å². The molecule has 1 amide bonds. The van der Waals surface area contributed by atoms with Crippen LogP contribution < -0.4 is 20.5 Å². The van der Waals surface area contributed by atoms with E-state index in [9.17, 15) is 4.79 Å². The van der Waals surface area contributed by atoms with Gasteiger partial charge in [-0.05, 0) is 5.92 Å². The minimum Gasteiger partial charge on any atom is -0.454 e. The molecule has 0 aromatic heterocycles. The van der Waals surface area contributed by atoms with Gasteiger partial charge >= 0.3 is 0 Å². The Labute approximate surface area is 117 Å². The molecule has 0 spiro atoms. The third kappa shape index (κ3) is 3.30. The van der Waals surface area contributed by atoms with E-state index in [2.05, 4.69) is 5.32 Å². The Hall–Kier alpha value is -1.46. The SMILES string of the molecule is CC(C)C(N)CC(=O)Nc1cc2c(cc1Cl)OCO2. The molecule has 0 radical (unpaired) electrons. The van der Waals surface area contributed by atoms with Crippen molar-refractivity contribution in [2.75, 3.05) is 12.1 Å². The topological polar surface area (TPSA) is 73.6 Å². The number of hydrogen-bond donors (Lipinski definition) is 2. The van der Waals surface area contributed by atoms with Gasteiger partial charge in [0.15, 0.2) is 11.5 Å². The van der Waals surface area contributed by atoms with Gasteiger partial charge in [0, 0.05) is 24.6 Å². The van der Waals surface area contributed by atoms with Gasteiger partial charge in [-0.25, -0.2) is 0 Å². The lowest BCUT2D eigenvalue weighted by Crippen LogP contribution is -2.31. The van der Waals surface area contributed by atoms with Gasteiger partial charge < -0.3 is 20.5 Å². The number of anilines is 1. The second-order valence-corrected chi connectivity index (χ2v) is 5.25. The number of fused-ring (bicyclic) bond motifs is 1. The van der Waals surface area contributed by atoms with E-state index in [1.165, 1.54) is 0 Å². The summed E-state index contributed by atoms with van der Waals surface area (Å²) in [5.74, 6) is 1.25. The summed E-state index contributed by atoms with van der Waals surface area (Å²) in [5.41, 5.74) is 6.37. The first-order valence-electron chi connectivity index (χ1n) is 6.12. The van der Waals surface area contributed by atoms with Crippen LogP contribution in [-0.2, 0) is 4.79 Å². The lowest BCUT2D eigenvalue weighted by molar-refractivity contribution is -0.116. The highest BCUT2D eigenvalue weighted by atomic mass is 35.5. The fourth-order valence-corrected chi connectivity index (χ4v) is 1.86. The predicted octanol–water partition coefficient (Wildman–Crippen LogP) is 2.38. The third-order valence-electron chi connectivity index (χ3n) is 3.01. The summed E-state index contributed by atoms with van der Waals surface area (Å²) in [7, 11) is 0. The second kappa shape index (κ2) is 5.67. The predicted molar refractivity (Wildman–Crippen MR) is 73.6 cm³/mol. The maximum Gasteiger partial charge on any atom is 0.231 e. The van der Waals surface area contributed by atoms with Gasteiger partial charge in [-0.15, -0.1) is 0 Å². The Morgan fingerprint density at radius 2 is 2.05 bits per heavy atom. The van der Waals surface area contributed by atoms with Crippen LogP contribution in [0.15, 0.2) is 12.1 Å². The molecular weight excluding hydrogens is 268 g/mol. The molecule has 1 aromatic carbocycles. The highest BCUT2D eigenvalue weighted by molar-refractivity contribution is 6.34. The molecule has 0 fully saturated rings. The van der Waals surface area contributed by atoms with Gasteiger partial charge in [-0.1, -0.05) is 25.4 Å². The fraction of sp³-hybridized carbons (Fsp3) is 0.462. The number of carbonyl (C=O) groups is 1. The van der Waals surface area contributed by atoms with E-state index in [0.717, 1.165) is 0 Å². The first-order valence-corrected chi connectivity index (χ1v) is 6.49. The molecule has 5 nitrogen and oxygen atoms in total. The van der Waals surface area contributed by atoms with Gasteiger partial charge in [-0.2, -0.15) is 0 Å². The van der Waals surface area contributed by atoms with Crippen molar-refractivity contribution in [3.8, 4) is 11.5 Å². The summed E-state index contributed by atoms with van der Waals surface area (Å²) in [5, 5.41) is 3.15. The number of rotatable bonds is 4. The van der Waals surface area contributed by atoms with Gasteiger partial charge in [-0.3, -0.25) is 4.79 Å². The van der Waals surface area contributed by atoms with Crippen LogP contribution in [0.25, 0.3) is 0 Å². The van der Waals surface area contributed by atoms with Gasteiger partial charge in [0.25, 0.3) is 0 Å². The average molecular weight is 285 g/mol. The number of halogens is 1. The highest BCUT2D eigenvalue weighted by Gasteiger charge is 2.19. The number of carbonyl (C=O) groups excluding carboxylic acids is 1. The lowest BCUT2D eigenvalue weighted by Gasteiger charge is -2.15. The molecule has 0 aliphatic carbocycles. The van der Waals surface area contributed by atoms with Crippen LogP contribution in [0.2, 0.25) is 5.02 Å². The van der Waals surface area contributed by atoms with Gasteiger partial charge in [0.2, 0.25) is 12.7 Å². The average Bonchev–Trinajstić information content (AvgIpc) is 2.76. The monoisotopic (exact) mass is 284 g/mol. The maximum absolute atomic E-state index is 11.9. The number of nitrogens with one attached hydrogen (secondary N) is 1. The molecule has 0 bridgehead atoms. The number of ether oxygens (including phenoxy) is 2. The summed E-state index contributed by atoms with van der Waals surface area (Å²) < 4.78 is 10.4. The van der Waals surface area contributed by atoms with Crippen LogP contribution in [0, 0.1) is 5.92 Å². The van der Waals surface area contributed by atoms with Crippen molar-refractivity contribution in [3.05, 3.63) is 17.2 Å². The molecule has 0 saturated carbocycles. The third-order valence-corrected chi connectivity index (χ3v) is 3.33. The van der Waals surface area contributed by atoms with Crippen LogP contribution in [0.3, 0.4) is 0 Å². The Bertz CT molecular complexity index is 491. The molecule has 1 atom stereocenters. The molecular formula is C13H17ClN2O3. The van der Waals surface area contributed by atoms with Crippen molar-refractivity contribution in [2.24, 2.45) is 11.7 Å². The maximum atomic E-state index is 11.9. The standard InChI is InChI=1S/C13H17ClN2O3/c1-7(2)9(15)4-13(17)16-10-5-12-11(3-8(10)14)18-6-19-12/h3,5,7,9H,4,6,15H2,1-2H3,(H,16,17). The first-order chi connectivity index (χ1) is 8.97. The number of nitrogens with two attached hydrogens (primary N) is 1. The summed E-state index contributed by atoms with van der Waals surface area (Å²) >= 11 is 6.07. The molecule has 104 valence electrons. The Balaban J connectivity index is 2.05. The van der Waals surface area contributed by atoms with Crippen LogP contribution in [0.5, 0.6) is 11.5 Å². The van der Waals surface area contributed by atoms with E-state index in [-0.39, 0.29) is 31.1 Å². The van der Waals surface area contributed by atoms with E-state index < -0.39 is 0 Å². The molecule has 19 heavy (non-hydrogen) atoms. The lowest BCUT2D eigenvalue weighted by atomic mass is 10.0. The van der Waals surface area contributed by atoms with Crippen LogP contribution in [0.4, 0.5) is 5.69 Å².